The molecule has 1 fully saturated rings. The van der Waals surface area contributed by atoms with Crippen molar-refractivity contribution < 1.29 is 27.5 Å². The molecule has 2 aromatic heterocycles. The molecule has 3 rings (SSSR count). The first-order chi connectivity index (χ1) is 14.1. The van der Waals surface area contributed by atoms with Crippen LogP contribution < -0.4 is 15.4 Å². The van der Waals surface area contributed by atoms with Gasteiger partial charge in [0.05, 0.1) is 6.04 Å². The molecule has 2 heterocycles. The molecule has 1 saturated carbocycles. The fraction of sp³-hybridized carbons (Fsp3) is 0.400. The van der Waals surface area contributed by atoms with Crippen LogP contribution in [0.4, 0.5) is 19.0 Å². The number of alkyl halides is 3. The first kappa shape index (κ1) is 21.5. The lowest BCUT2D eigenvalue weighted by molar-refractivity contribution is -0.154. The zero-order chi connectivity index (χ0) is 21.9. The van der Waals surface area contributed by atoms with Gasteiger partial charge in [0.25, 0.3) is 5.91 Å². The quantitative estimate of drug-likeness (QED) is 0.711. The molecule has 1 unspecified atom stereocenters. The maximum Gasteiger partial charge on any atom is 0.422 e. The monoisotopic (exact) mass is 422 g/mol. The fourth-order valence-corrected chi connectivity index (χ4v) is 2.57. The van der Waals surface area contributed by atoms with E-state index in [9.17, 15) is 22.8 Å². The molecule has 0 spiro atoms. The van der Waals surface area contributed by atoms with Gasteiger partial charge in [0.1, 0.15) is 5.82 Å². The third-order valence-electron chi connectivity index (χ3n) is 4.80. The van der Waals surface area contributed by atoms with E-state index in [0.29, 0.717) is 16.9 Å². The topological polar surface area (TPSA) is 93.2 Å². The number of pyridine rings is 2. The number of halogens is 3. The summed E-state index contributed by atoms with van der Waals surface area (Å²) in [4.78, 5) is 32.6. The number of hydrogen-bond acceptors (Lipinski definition) is 5. The number of carbonyl (C=O) groups is 2. The van der Waals surface area contributed by atoms with Crippen molar-refractivity contribution in [3.63, 3.8) is 0 Å². The van der Waals surface area contributed by atoms with E-state index < -0.39 is 24.7 Å². The van der Waals surface area contributed by atoms with Gasteiger partial charge in [0.15, 0.2) is 6.61 Å². The highest BCUT2D eigenvalue weighted by molar-refractivity contribution is 5.98. The Bertz CT molecular complexity index is 928. The molecule has 0 saturated heterocycles. The van der Waals surface area contributed by atoms with Crippen molar-refractivity contribution >= 4 is 17.6 Å². The predicted octanol–water partition coefficient (Wildman–Crippen LogP) is 3.65. The van der Waals surface area contributed by atoms with Gasteiger partial charge in [-0.25, -0.2) is 9.97 Å². The Kier molecular flexibility index (Phi) is 5.95. The average molecular weight is 422 g/mol. The Morgan fingerprint density at radius 2 is 1.97 bits per heavy atom. The first-order valence-corrected chi connectivity index (χ1v) is 9.30. The molecule has 10 heteroatoms. The SMILES string of the molecule is CC(NC(=O)c1ccnc(NC(=O)C2(C)CC2)c1)c1ccc(OCC(F)(F)F)nc1. The molecule has 7 nitrogen and oxygen atoms in total. The Labute approximate surface area is 171 Å². The Morgan fingerprint density at radius 3 is 2.57 bits per heavy atom. The smallest absolute Gasteiger partial charge is 0.422 e. The Morgan fingerprint density at radius 1 is 1.23 bits per heavy atom. The van der Waals surface area contributed by atoms with Gasteiger partial charge in [-0.1, -0.05) is 13.0 Å². The second-order valence-corrected chi connectivity index (χ2v) is 7.47. The summed E-state index contributed by atoms with van der Waals surface area (Å²) in [6, 6.07) is 5.37. The summed E-state index contributed by atoms with van der Waals surface area (Å²) in [5, 5.41) is 5.49. The molecule has 0 bridgehead atoms. The predicted molar refractivity (Wildman–Crippen MR) is 102 cm³/mol. The van der Waals surface area contributed by atoms with Crippen molar-refractivity contribution in [2.75, 3.05) is 11.9 Å². The average Bonchev–Trinajstić information content (AvgIpc) is 3.45. The number of rotatable bonds is 7. The Balaban J connectivity index is 1.58. The molecule has 0 radical (unpaired) electrons. The maximum atomic E-state index is 12.5. The van der Waals surface area contributed by atoms with Crippen molar-refractivity contribution in [2.24, 2.45) is 5.41 Å². The van der Waals surface area contributed by atoms with Crippen LogP contribution in [0.15, 0.2) is 36.7 Å². The number of nitrogens with zero attached hydrogens (tertiary/aromatic N) is 2. The third kappa shape index (κ3) is 5.68. The molecule has 2 amide bonds. The van der Waals surface area contributed by atoms with Gasteiger partial charge < -0.3 is 15.4 Å². The highest BCUT2D eigenvalue weighted by Gasteiger charge is 2.45. The molecule has 1 atom stereocenters. The van der Waals surface area contributed by atoms with E-state index in [1.807, 2.05) is 6.92 Å². The lowest BCUT2D eigenvalue weighted by atomic mass is 10.1. The van der Waals surface area contributed by atoms with Crippen molar-refractivity contribution in [1.29, 1.82) is 0 Å². The molecule has 0 aliphatic heterocycles. The van der Waals surface area contributed by atoms with Crippen LogP contribution in [0, 0.1) is 5.41 Å². The summed E-state index contributed by atoms with van der Waals surface area (Å²) < 4.78 is 41.1. The van der Waals surface area contributed by atoms with Gasteiger partial charge in [0, 0.05) is 29.4 Å². The van der Waals surface area contributed by atoms with E-state index in [-0.39, 0.29) is 17.2 Å². The van der Waals surface area contributed by atoms with Crippen LogP contribution in [0.25, 0.3) is 0 Å². The molecule has 2 N–H and O–H groups in total. The van der Waals surface area contributed by atoms with Crippen molar-refractivity contribution in [2.45, 2.75) is 38.9 Å². The van der Waals surface area contributed by atoms with Crippen LogP contribution >= 0.6 is 0 Å². The van der Waals surface area contributed by atoms with E-state index in [2.05, 4.69) is 25.3 Å². The molecular weight excluding hydrogens is 401 g/mol. The van der Waals surface area contributed by atoms with Crippen LogP contribution in [0.5, 0.6) is 5.88 Å². The normalized spacial score (nSPS) is 15.8. The lowest BCUT2D eigenvalue weighted by Gasteiger charge is -2.15. The van der Waals surface area contributed by atoms with E-state index in [1.54, 1.807) is 6.92 Å². The number of carbonyl (C=O) groups excluding carboxylic acids is 2. The van der Waals surface area contributed by atoms with Crippen molar-refractivity contribution in [3.05, 3.63) is 47.8 Å². The number of aromatic nitrogens is 2. The van der Waals surface area contributed by atoms with Gasteiger partial charge >= 0.3 is 6.18 Å². The number of ether oxygens (including phenoxy) is 1. The number of nitrogens with one attached hydrogen (secondary N) is 2. The van der Waals surface area contributed by atoms with Gasteiger partial charge in [-0.3, -0.25) is 9.59 Å². The van der Waals surface area contributed by atoms with Crippen LogP contribution in [0.2, 0.25) is 0 Å². The zero-order valence-electron chi connectivity index (χ0n) is 16.4. The number of hydrogen-bond donors (Lipinski definition) is 2. The highest BCUT2D eigenvalue weighted by Crippen LogP contribution is 2.45. The first-order valence-electron chi connectivity index (χ1n) is 9.30. The van der Waals surface area contributed by atoms with E-state index in [0.717, 1.165) is 12.8 Å². The van der Waals surface area contributed by atoms with Gasteiger partial charge in [0.2, 0.25) is 11.8 Å². The van der Waals surface area contributed by atoms with Crippen molar-refractivity contribution in [1.82, 2.24) is 15.3 Å². The standard InChI is InChI=1S/C20H21F3N4O3/c1-12(14-3-4-16(25-10-14)30-11-20(21,22)23)26-17(28)13-5-8-24-15(9-13)27-18(29)19(2)6-7-19/h3-5,8-10,12H,6-7,11H2,1-2H3,(H,26,28)(H,24,27,29). The van der Waals surface area contributed by atoms with Gasteiger partial charge in [-0.05, 0) is 37.5 Å². The van der Waals surface area contributed by atoms with Crippen LogP contribution in [0.3, 0.4) is 0 Å². The second kappa shape index (κ2) is 8.29. The largest absolute Gasteiger partial charge is 0.468 e. The highest BCUT2D eigenvalue weighted by atomic mass is 19.4. The molecule has 30 heavy (non-hydrogen) atoms. The van der Waals surface area contributed by atoms with E-state index >= 15 is 0 Å². The fourth-order valence-electron chi connectivity index (χ4n) is 2.57. The van der Waals surface area contributed by atoms with Gasteiger partial charge in [-0.2, -0.15) is 13.2 Å². The maximum absolute atomic E-state index is 12.5. The summed E-state index contributed by atoms with van der Waals surface area (Å²) in [5.41, 5.74) is 0.537. The molecule has 1 aliphatic carbocycles. The van der Waals surface area contributed by atoms with Crippen molar-refractivity contribution in [3.8, 4) is 5.88 Å². The Hall–Kier alpha value is -3.17. The minimum absolute atomic E-state index is 0.125. The van der Waals surface area contributed by atoms with Crippen LogP contribution in [-0.2, 0) is 4.79 Å². The second-order valence-electron chi connectivity index (χ2n) is 7.47. The minimum Gasteiger partial charge on any atom is -0.468 e. The lowest BCUT2D eigenvalue weighted by Crippen LogP contribution is -2.27. The third-order valence-corrected chi connectivity index (χ3v) is 4.80. The summed E-state index contributed by atoms with van der Waals surface area (Å²) in [6.45, 7) is 2.16. The summed E-state index contributed by atoms with van der Waals surface area (Å²) >= 11 is 0. The number of amides is 2. The van der Waals surface area contributed by atoms with E-state index in [4.69, 9.17) is 0 Å². The van der Waals surface area contributed by atoms with Gasteiger partial charge in [-0.15, -0.1) is 0 Å². The molecule has 160 valence electrons. The van der Waals surface area contributed by atoms with Crippen LogP contribution in [0.1, 0.15) is 48.7 Å². The number of anilines is 1. The molecule has 0 aromatic carbocycles. The molecular formula is C20H21F3N4O3. The zero-order valence-corrected chi connectivity index (χ0v) is 16.4. The molecule has 1 aliphatic rings. The summed E-state index contributed by atoms with van der Waals surface area (Å²) in [5.74, 6) is -0.384. The summed E-state index contributed by atoms with van der Waals surface area (Å²) in [6.07, 6.45) is -0.0278. The minimum atomic E-state index is -4.44. The van der Waals surface area contributed by atoms with E-state index in [1.165, 1.54) is 36.7 Å². The summed E-state index contributed by atoms with van der Waals surface area (Å²) in [7, 11) is 0. The molecule has 2 aromatic rings. The van der Waals surface area contributed by atoms with Crippen LogP contribution in [-0.4, -0.2) is 34.6 Å².